The molecule has 0 amide bonds. The minimum atomic E-state index is -0.288. The molecule has 0 fully saturated rings. The van der Waals surface area contributed by atoms with E-state index >= 15 is 0 Å². The lowest BCUT2D eigenvalue weighted by molar-refractivity contribution is 0.473. The fourth-order valence-electron chi connectivity index (χ4n) is 2.09. The zero-order valence-corrected chi connectivity index (χ0v) is 12.3. The first-order chi connectivity index (χ1) is 9.51. The van der Waals surface area contributed by atoms with Crippen LogP contribution in [0.2, 0.25) is 5.02 Å². The van der Waals surface area contributed by atoms with E-state index < -0.39 is 0 Å². The lowest BCUT2D eigenvalue weighted by Crippen LogP contribution is -2.04. The smallest absolute Gasteiger partial charge is 0.130 e. The fourth-order valence-corrected chi connectivity index (χ4v) is 2.20. The van der Waals surface area contributed by atoms with E-state index in [0.717, 1.165) is 21.7 Å². The second kappa shape index (κ2) is 6.25. The molecule has 0 radical (unpaired) electrons. The summed E-state index contributed by atoms with van der Waals surface area (Å²) in [5, 5.41) is 0.735. The van der Waals surface area contributed by atoms with Crippen LogP contribution in [0, 0.1) is 19.7 Å². The number of hydrogen-bond donors (Lipinski definition) is 1. The molecule has 0 heterocycles. The normalized spacial score (nSPS) is 10.7. The standard InChI is InChI=1S/C16H17ClFNO/c1-10-7-14(8-11(2)16(10)17)20-15-4-3-13(18)9-12(15)5-6-19/h3-4,7-9H,5-6,19H2,1-2H3. The SMILES string of the molecule is Cc1cc(Oc2ccc(F)cc2CCN)cc(C)c1Cl. The van der Waals surface area contributed by atoms with Gasteiger partial charge in [-0.3, -0.25) is 0 Å². The number of hydrogen-bond acceptors (Lipinski definition) is 2. The van der Waals surface area contributed by atoms with Gasteiger partial charge in [-0.1, -0.05) is 11.6 Å². The third-order valence-corrected chi connectivity index (χ3v) is 3.67. The van der Waals surface area contributed by atoms with Gasteiger partial charge in [0.15, 0.2) is 0 Å². The van der Waals surface area contributed by atoms with Gasteiger partial charge in [0.1, 0.15) is 17.3 Å². The van der Waals surface area contributed by atoms with Crippen LogP contribution in [-0.4, -0.2) is 6.54 Å². The van der Waals surface area contributed by atoms with Crippen LogP contribution in [0.4, 0.5) is 4.39 Å². The number of benzene rings is 2. The van der Waals surface area contributed by atoms with Gasteiger partial charge in [-0.05, 0) is 73.8 Å². The van der Waals surface area contributed by atoms with E-state index in [1.54, 1.807) is 6.07 Å². The Morgan fingerprint density at radius 3 is 2.40 bits per heavy atom. The van der Waals surface area contributed by atoms with Gasteiger partial charge in [-0.25, -0.2) is 4.39 Å². The molecule has 0 bridgehead atoms. The van der Waals surface area contributed by atoms with Crippen LogP contribution in [0.1, 0.15) is 16.7 Å². The Bertz CT molecular complexity index is 605. The van der Waals surface area contributed by atoms with Crippen LogP contribution in [0.15, 0.2) is 30.3 Å². The molecule has 0 atom stereocenters. The highest BCUT2D eigenvalue weighted by atomic mass is 35.5. The number of aryl methyl sites for hydroxylation is 2. The van der Waals surface area contributed by atoms with Gasteiger partial charge in [-0.15, -0.1) is 0 Å². The summed E-state index contributed by atoms with van der Waals surface area (Å²) in [4.78, 5) is 0. The zero-order valence-electron chi connectivity index (χ0n) is 11.5. The van der Waals surface area contributed by atoms with Crippen molar-refractivity contribution in [2.24, 2.45) is 5.73 Å². The summed E-state index contributed by atoms with van der Waals surface area (Å²) in [5.41, 5.74) is 8.20. The molecule has 0 aromatic heterocycles. The second-order valence-corrected chi connectivity index (χ2v) is 5.14. The van der Waals surface area contributed by atoms with Crippen LogP contribution in [0.5, 0.6) is 11.5 Å². The maximum Gasteiger partial charge on any atom is 0.130 e. The summed E-state index contributed by atoms with van der Waals surface area (Å²) in [5.74, 6) is 1.02. The van der Waals surface area contributed by atoms with Crippen LogP contribution < -0.4 is 10.5 Å². The van der Waals surface area contributed by atoms with E-state index in [0.29, 0.717) is 24.5 Å². The van der Waals surface area contributed by atoms with Crippen LogP contribution in [-0.2, 0) is 6.42 Å². The highest BCUT2D eigenvalue weighted by molar-refractivity contribution is 6.32. The lowest BCUT2D eigenvalue weighted by Gasteiger charge is -2.13. The minimum absolute atomic E-state index is 0.288. The molecule has 2 N–H and O–H groups in total. The second-order valence-electron chi connectivity index (χ2n) is 4.76. The van der Waals surface area contributed by atoms with Gasteiger partial charge in [-0.2, -0.15) is 0 Å². The monoisotopic (exact) mass is 293 g/mol. The number of ether oxygens (including phenoxy) is 1. The van der Waals surface area contributed by atoms with Crippen molar-refractivity contribution in [1.29, 1.82) is 0 Å². The van der Waals surface area contributed by atoms with E-state index in [9.17, 15) is 4.39 Å². The average molecular weight is 294 g/mol. The third-order valence-electron chi connectivity index (χ3n) is 3.07. The number of nitrogens with two attached hydrogens (primary N) is 1. The summed E-state index contributed by atoms with van der Waals surface area (Å²) in [6, 6.07) is 8.19. The Labute approximate surface area is 123 Å². The molecule has 0 aliphatic heterocycles. The molecule has 0 spiro atoms. The molecule has 0 aliphatic rings. The predicted octanol–water partition coefficient (Wildman–Crippen LogP) is 4.39. The first-order valence-electron chi connectivity index (χ1n) is 6.44. The van der Waals surface area contributed by atoms with Crippen molar-refractivity contribution >= 4 is 11.6 Å². The molecule has 106 valence electrons. The summed E-state index contributed by atoms with van der Waals surface area (Å²) >= 11 is 6.13. The van der Waals surface area contributed by atoms with Crippen molar-refractivity contribution in [1.82, 2.24) is 0 Å². The van der Waals surface area contributed by atoms with Gasteiger partial charge < -0.3 is 10.5 Å². The van der Waals surface area contributed by atoms with Gasteiger partial charge in [0.05, 0.1) is 0 Å². The van der Waals surface area contributed by atoms with Gasteiger partial charge in [0.25, 0.3) is 0 Å². The Morgan fingerprint density at radius 1 is 1.15 bits per heavy atom. The third kappa shape index (κ3) is 3.30. The molecule has 2 nitrogen and oxygen atoms in total. The van der Waals surface area contributed by atoms with Crippen molar-refractivity contribution in [2.45, 2.75) is 20.3 Å². The molecule has 0 saturated heterocycles. The van der Waals surface area contributed by atoms with Crippen LogP contribution in [0.3, 0.4) is 0 Å². The first kappa shape index (κ1) is 14.8. The van der Waals surface area contributed by atoms with Crippen molar-refractivity contribution in [3.63, 3.8) is 0 Å². The molecular formula is C16H17ClFNO. The van der Waals surface area contributed by atoms with E-state index in [-0.39, 0.29) is 5.82 Å². The summed E-state index contributed by atoms with van der Waals surface area (Å²) in [6.45, 7) is 4.29. The molecule has 2 aromatic carbocycles. The lowest BCUT2D eigenvalue weighted by atomic mass is 10.1. The van der Waals surface area contributed by atoms with Crippen LogP contribution >= 0.6 is 11.6 Å². The Morgan fingerprint density at radius 2 is 1.80 bits per heavy atom. The molecule has 0 unspecified atom stereocenters. The highest BCUT2D eigenvalue weighted by Gasteiger charge is 2.09. The van der Waals surface area contributed by atoms with Crippen molar-refractivity contribution in [3.05, 3.63) is 57.9 Å². The van der Waals surface area contributed by atoms with Crippen LogP contribution in [0.25, 0.3) is 0 Å². The fraction of sp³-hybridized carbons (Fsp3) is 0.250. The maximum absolute atomic E-state index is 13.3. The molecule has 20 heavy (non-hydrogen) atoms. The molecule has 2 aromatic rings. The predicted molar refractivity (Wildman–Crippen MR) is 80.2 cm³/mol. The van der Waals surface area contributed by atoms with Gasteiger partial charge in [0, 0.05) is 5.02 Å². The minimum Gasteiger partial charge on any atom is -0.457 e. The summed E-state index contributed by atoms with van der Waals surface area (Å²) in [6.07, 6.45) is 0.568. The molecule has 0 saturated carbocycles. The Kier molecular flexibility index (Phi) is 4.63. The van der Waals surface area contributed by atoms with E-state index in [2.05, 4.69) is 0 Å². The first-order valence-corrected chi connectivity index (χ1v) is 6.82. The topological polar surface area (TPSA) is 35.2 Å². The number of halogens is 2. The highest BCUT2D eigenvalue weighted by Crippen LogP contribution is 2.31. The number of rotatable bonds is 4. The molecular weight excluding hydrogens is 277 g/mol. The van der Waals surface area contributed by atoms with Gasteiger partial charge >= 0.3 is 0 Å². The van der Waals surface area contributed by atoms with Gasteiger partial charge in [0.2, 0.25) is 0 Å². The average Bonchev–Trinajstić information content (AvgIpc) is 2.39. The largest absolute Gasteiger partial charge is 0.457 e. The van der Waals surface area contributed by atoms with E-state index in [1.165, 1.54) is 12.1 Å². The van der Waals surface area contributed by atoms with Crippen molar-refractivity contribution < 1.29 is 9.13 Å². The van der Waals surface area contributed by atoms with E-state index in [4.69, 9.17) is 22.1 Å². The zero-order chi connectivity index (χ0) is 14.7. The molecule has 2 rings (SSSR count). The Hall–Kier alpha value is -1.58. The summed E-state index contributed by atoms with van der Waals surface area (Å²) in [7, 11) is 0. The maximum atomic E-state index is 13.3. The van der Waals surface area contributed by atoms with Crippen molar-refractivity contribution in [3.8, 4) is 11.5 Å². The van der Waals surface area contributed by atoms with E-state index in [1.807, 2.05) is 26.0 Å². The van der Waals surface area contributed by atoms with Crippen molar-refractivity contribution in [2.75, 3.05) is 6.54 Å². The molecule has 0 aliphatic carbocycles. The summed E-state index contributed by atoms with van der Waals surface area (Å²) < 4.78 is 19.1. The quantitative estimate of drug-likeness (QED) is 0.907. The Balaban J connectivity index is 2.34. The molecule has 4 heteroatoms.